The first kappa shape index (κ1) is 20.3. The second-order valence-electron chi connectivity index (χ2n) is 6.56. The average Bonchev–Trinajstić information content (AvgIpc) is 2.95. The summed E-state index contributed by atoms with van der Waals surface area (Å²) in [5, 5.41) is 4.62. The fraction of sp³-hybridized carbons (Fsp3) is 0.429. The van der Waals surface area contributed by atoms with Gasteiger partial charge in [0.1, 0.15) is 0 Å². The number of ether oxygens (including phenoxy) is 2. The van der Waals surface area contributed by atoms with Crippen molar-refractivity contribution in [2.45, 2.75) is 19.4 Å². The van der Waals surface area contributed by atoms with E-state index in [1.54, 1.807) is 7.11 Å². The Morgan fingerprint density at radius 3 is 2.52 bits per heavy atom. The molecule has 0 radical (unpaired) electrons. The molecule has 2 aromatic rings. The smallest absolute Gasteiger partial charge is 0.161 e. The average molecular weight is 409 g/mol. The molecule has 0 aromatic heterocycles. The van der Waals surface area contributed by atoms with Crippen LogP contribution in [0.1, 0.15) is 30.5 Å². The van der Waals surface area contributed by atoms with Gasteiger partial charge in [0.15, 0.2) is 11.5 Å². The van der Waals surface area contributed by atoms with E-state index in [4.69, 9.17) is 32.7 Å². The largest absolute Gasteiger partial charge is 0.493 e. The third kappa shape index (κ3) is 4.88. The Bertz CT molecular complexity index is 762. The Labute approximate surface area is 171 Å². The van der Waals surface area contributed by atoms with Crippen molar-refractivity contribution in [3.8, 4) is 11.5 Å². The predicted molar refractivity (Wildman–Crippen MR) is 112 cm³/mol. The number of nitrogens with one attached hydrogen (secondary N) is 1. The number of benzene rings is 2. The number of nitrogens with zero attached hydrogens (tertiary/aromatic N) is 1. The molecule has 0 bridgehead atoms. The van der Waals surface area contributed by atoms with Crippen LogP contribution in [0, 0.1) is 0 Å². The minimum Gasteiger partial charge on any atom is -0.493 e. The van der Waals surface area contributed by atoms with Gasteiger partial charge in [-0.1, -0.05) is 35.3 Å². The van der Waals surface area contributed by atoms with Gasteiger partial charge in [0, 0.05) is 19.6 Å². The number of hydrogen-bond donors (Lipinski definition) is 1. The van der Waals surface area contributed by atoms with Gasteiger partial charge in [0.25, 0.3) is 0 Å². The van der Waals surface area contributed by atoms with Gasteiger partial charge in [-0.05, 0) is 55.3 Å². The van der Waals surface area contributed by atoms with Crippen molar-refractivity contribution in [3.05, 3.63) is 57.6 Å². The van der Waals surface area contributed by atoms with Crippen molar-refractivity contribution in [2.24, 2.45) is 0 Å². The van der Waals surface area contributed by atoms with Crippen molar-refractivity contribution in [2.75, 3.05) is 39.9 Å². The molecule has 0 saturated carbocycles. The molecule has 146 valence electrons. The van der Waals surface area contributed by atoms with Crippen LogP contribution in [0.3, 0.4) is 0 Å². The van der Waals surface area contributed by atoms with Gasteiger partial charge in [0.2, 0.25) is 0 Å². The fourth-order valence-corrected chi connectivity index (χ4v) is 3.86. The molecule has 1 fully saturated rings. The van der Waals surface area contributed by atoms with Crippen LogP contribution >= 0.6 is 23.2 Å². The van der Waals surface area contributed by atoms with Crippen LogP contribution in [0.5, 0.6) is 11.5 Å². The first-order chi connectivity index (χ1) is 13.1. The molecule has 27 heavy (non-hydrogen) atoms. The molecule has 1 heterocycles. The molecule has 1 unspecified atom stereocenters. The monoisotopic (exact) mass is 408 g/mol. The maximum Gasteiger partial charge on any atom is 0.161 e. The van der Waals surface area contributed by atoms with E-state index >= 15 is 0 Å². The zero-order valence-electron chi connectivity index (χ0n) is 15.8. The Kier molecular flexibility index (Phi) is 7.25. The van der Waals surface area contributed by atoms with Crippen LogP contribution in [-0.2, 0) is 0 Å². The number of methoxy groups -OCH3 is 1. The summed E-state index contributed by atoms with van der Waals surface area (Å²) < 4.78 is 11.3. The quantitative estimate of drug-likeness (QED) is 0.744. The standard InChI is InChI=1S/C21H26Cl2N2O2/c1-3-27-20-14-16(6-8-19(20)26-2)21(25-11-4-9-24-10-12-25)15-5-7-17(22)18(23)13-15/h5-8,13-14,21,24H,3-4,9-12H2,1-2H3. The Hall–Kier alpha value is -1.46. The molecule has 1 atom stereocenters. The van der Waals surface area contributed by atoms with E-state index in [0.717, 1.165) is 55.2 Å². The zero-order valence-corrected chi connectivity index (χ0v) is 17.3. The molecule has 1 saturated heterocycles. The van der Waals surface area contributed by atoms with Gasteiger partial charge in [-0.2, -0.15) is 0 Å². The first-order valence-electron chi connectivity index (χ1n) is 9.34. The normalized spacial score (nSPS) is 16.6. The minimum atomic E-state index is 0.0739. The molecule has 1 N–H and O–H groups in total. The van der Waals surface area contributed by atoms with Crippen LogP contribution in [0.2, 0.25) is 10.0 Å². The van der Waals surface area contributed by atoms with E-state index in [1.807, 2.05) is 25.1 Å². The molecule has 6 heteroatoms. The van der Waals surface area contributed by atoms with Gasteiger partial charge in [-0.25, -0.2) is 0 Å². The molecular formula is C21H26Cl2N2O2. The van der Waals surface area contributed by atoms with Crippen LogP contribution in [0.15, 0.2) is 36.4 Å². The van der Waals surface area contributed by atoms with Crippen LogP contribution in [0.25, 0.3) is 0 Å². The molecule has 0 amide bonds. The summed E-state index contributed by atoms with van der Waals surface area (Å²) in [5.41, 5.74) is 2.28. The highest BCUT2D eigenvalue weighted by molar-refractivity contribution is 6.42. The maximum atomic E-state index is 6.34. The van der Waals surface area contributed by atoms with E-state index in [2.05, 4.69) is 28.4 Å². The summed E-state index contributed by atoms with van der Waals surface area (Å²) in [5.74, 6) is 1.50. The second kappa shape index (κ2) is 9.65. The summed E-state index contributed by atoms with van der Waals surface area (Å²) in [6.07, 6.45) is 1.10. The lowest BCUT2D eigenvalue weighted by atomic mass is 9.96. The van der Waals surface area contributed by atoms with Crippen molar-refractivity contribution >= 4 is 23.2 Å². The third-order valence-electron chi connectivity index (χ3n) is 4.80. The summed E-state index contributed by atoms with van der Waals surface area (Å²) in [4.78, 5) is 2.48. The first-order valence-corrected chi connectivity index (χ1v) is 10.1. The Morgan fingerprint density at radius 1 is 1.00 bits per heavy atom. The number of hydrogen-bond acceptors (Lipinski definition) is 4. The molecule has 1 aliphatic heterocycles. The molecule has 3 rings (SSSR count). The second-order valence-corrected chi connectivity index (χ2v) is 7.37. The lowest BCUT2D eigenvalue weighted by Crippen LogP contribution is -2.33. The Morgan fingerprint density at radius 2 is 1.78 bits per heavy atom. The number of rotatable bonds is 6. The lowest BCUT2D eigenvalue weighted by molar-refractivity contribution is 0.240. The van der Waals surface area contributed by atoms with Gasteiger partial charge in [-0.3, -0.25) is 4.90 Å². The molecule has 1 aliphatic rings. The fourth-order valence-electron chi connectivity index (χ4n) is 3.55. The van der Waals surface area contributed by atoms with E-state index in [9.17, 15) is 0 Å². The van der Waals surface area contributed by atoms with Gasteiger partial charge >= 0.3 is 0 Å². The summed E-state index contributed by atoms with van der Waals surface area (Å²) in [7, 11) is 1.66. The van der Waals surface area contributed by atoms with Gasteiger partial charge in [0.05, 0.1) is 29.8 Å². The molecule has 4 nitrogen and oxygen atoms in total. The van der Waals surface area contributed by atoms with E-state index in [0.29, 0.717) is 16.7 Å². The van der Waals surface area contributed by atoms with Crippen molar-refractivity contribution in [1.29, 1.82) is 0 Å². The summed E-state index contributed by atoms with van der Waals surface area (Å²) in [6.45, 7) is 6.53. The summed E-state index contributed by atoms with van der Waals surface area (Å²) in [6, 6.07) is 12.1. The van der Waals surface area contributed by atoms with Crippen LogP contribution < -0.4 is 14.8 Å². The molecule has 0 aliphatic carbocycles. The Balaban J connectivity index is 2.05. The molecular weight excluding hydrogens is 383 g/mol. The van der Waals surface area contributed by atoms with Crippen molar-refractivity contribution in [3.63, 3.8) is 0 Å². The van der Waals surface area contributed by atoms with Gasteiger partial charge in [-0.15, -0.1) is 0 Å². The lowest BCUT2D eigenvalue weighted by Gasteiger charge is -2.32. The number of halogens is 2. The van der Waals surface area contributed by atoms with E-state index in [-0.39, 0.29) is 6.04 Å². The topological polar surface area (TPSA) is 33.7 Å². The van der Waals surface area contributed by atoms with E-state index < -0.39 is 0 Å². The molecule has 0 spiro atoms. The SMILES string of the molecule is CCOc1cc(C(c2ccc(Cl)c(Cl)c2)N2CCCNCC2)ccc1OC. The summed E-state index contributed by atoms with van der Waals surface area (Å²) >= 11 is 12.5. The minimum absolute atomic E-state index is 0.0739. The van der Waals surface area contributed by atoms with Gasteiger partial charge < -0.3 is 14.8 Å². The zero-order chi connectivity index (χ0) is 19.2. The van der Waals surface area contributed by atoms with Crippen LogP contribution in [0.4, 0.5) is 0 Å². The van der Waals surface area contributed by atoms with E-state index in [1.165, 1.54) is 0 Å². The highest BCUT2D eigenvalue weighted by Crippen LogP contribution is 2.37. The third-order valence-corrected chi connectivity index (χ3v) is 5.54. The maximum absolute atomic E-state index is 6.34. The highest BCUT2D eigenvalue weighted by Gasteiger charge is 2.25. The van der Waals surface area contributed by atoms with Crippen molar-refractivity contribution < 1.29 is 9.47 Å². The van der Waals surface area contributed by atoms with Crippen LogP contribution in [-0.4, -0.2) is 44.8 Å². The molecule has 2 aromatic carbocycles. The van der Waals surface area contributed by atoms with Crippen molar-refractivity contribution in [1.82, 2.24) is 10.2 Å². The highest BCUT2D eigenvalue weighted by atomic mass is 35.5. The predicted octanol–water partition coefficient (Wildman–Crippen LogP) is 4.79.